The van der Waals surface area contributed by atoms with Crippen LogP contribution in [0.15, 0.2) is 47.1 Å². The van der Waals surface area contributed by atoms with Crippen LogP contribution in [0.1, 0.15) is 5.56 Å². The Kier molecular flexibility index (Phi) is 3.51. The van der Waals surface area contributed by atoms with Crippen LogP contribution in [0, 0.1) is 5.82 Å². The maximum Gasteiger partial charge on any atom is 0.127 e. The minimum atomic E-state index is -0.221. The van der Waals surface area contributed by atoms with E-state index in [9.17, 15) is 4.39 Å². The van der Waals surface area contributed by atoms with E-state index in [1.54, 1.807) is 6.07 Å². The van der Waals surface area contributed by atoms with Crippen molar-refractivity contribution in [2.24, 2.45) is 0 Å². The van der Waals surface area contributed by atoms with Gasteiger partial charge in [-0.05, 0) is 45.8 Å². The largest absolute Gasteiger partial charge is 0.366 e. The number of pyridine rings is 1. The van der Waals surface area contributed by atoms with Crippen molar-refractivity contribution in [1.82, 2.24) is 4.98 Å². The van der Waals surface area contributed by atoms with Gasteiger partial charge >= 0.3 is 0 Å². The van der Waals surface area contributed by atoms with Crippen molar-refractivity contribution in [3.05, 3.63) is 58.4 Å². The molecule has 4 heteroatoms. The minimum absolute atomic E-state index is 0.221. The molecule has 0 saturated carbocycles. The molecule has 1 heterocycles. The van der Waals surface area contributed by atoms with Crippen molar-refractivity contribution >= 4 is 21.7 Å². The normalized spacial score (nSPS) is 10.1. The second-order valence-electron chi connectivity index (χ2n) is 3.33. The monoisotopic (exact) mass is 280 g/mol. The number of hydrogen-bond donors (Lipinski definition) is 1. The van der Waals surface area contributed by atoms with Gasteiger partial charge in [-0.25, -0.2) is 9.37 Å². The summed E-state index contributed by atoms with van der Waals surface area (Å²) in [6.45, 7) is 0.557. The fourth-order valence-electron chi connectivity index (χ4n) is 1.35. The molecule has 82 valence electrons. The third kappa shape index (κ3) is 3.03. The summed E-state index contributed by atoms with van der Waals surface area (Å²) in [4.78, 5) is 4.22. The molecule has 0 aliphatic rings. The van der Waals surface area contributed by atoms with Crippen LogP contribution in [0.4, 0.5) is 10.2 Å². The molecule has 0 atom stereocenters. The molecule has 0 aliphatic heterocycles. The van der Waals surface area contributed by atoms with Gasteiger partial charge in [0.1, 0.15) is 16.2 Å². The molecular formula is C12H10BrFN2. The number of nitrogens with zero attached hydrogens (tertiary/aromatic N) is 1. The molecule has 0 fully saturated rings. The summed E-state index contributed by atoms with van der Waals surface area (Å²) in [6, 6.07) is 12.1. The van der Waals surface area contributed by atoms with Crippen LogP contribution in [0.3, 0.4) is 0 Å². The molecular weight excluding hydrogens is 271 g/mol. The summed E-state index contributed by atoms with van der Waals surface area (Å²) in [5, 5.41) is 3.12. The topological polar surface area (TPSA) is 24.9 Å². The third-order valence-corrected chi connectivity index (χ3v) is 2.52. The maximum absolute atomic E-state index is 12.9. The number of aromatic nitrogens is 1. The standard InChI is InChI=1S/C12H10BrFN2/c13-11-5-2-6-12(16-11)15-8-9-3-1-4-10(14)7-9/h1-7H,8H2,(H,15,16). The van der Waals surface area contributed by atoms with E-state index in [2.05, 4.69) is 26.2 Å². The lowest BCUT2D eigenvalue weighted by molar-refractivity contribution is 0.626. The fourth-order valence-corrected chi connectivity index (χ4v) is 1.69. The first-order valence-electron chi connectivity index (χ1n) is 4.85. The van der Waals surface area contributed by atoms with Gasteiger partial charge in [-0.2, -0.15) is 0 Å². The van der Waals surface area contributed by atoms with Crippen LogP contribution in [0.5, 0.6) is 0 Å². The quantitative estimate of drug-likeness (QED) is 0.869. The van der Waals surface area contributed by atoms with Gasteiger partial charge in [0, 0.05) is 6.54 Å². The van der Waals surface area contributed by atoms with Crippen LogP contribution in [0.25, 0.3) is 0 Å². The number of benzene rings is 1. The van der Waals surface area contributed by atoms with Crippen LogP contribution in [0.2, 0.25) is 0 Å². The number of anilines is 1. The Balaban J connectivity index is 2.02. The van der Waals surface area contributed by atoms with Gasteiger partial charge in [0.15, 0.2) is 0 Å². The predicted molar refractivity (Wildman–Crippen MR) is 65.7 cm³/mol. The first kappa shape index (κ1) is 11.1. The van der Waals surface area contributed by atoms with Gasteiger partial charge in [-0.3, -0.25) is 0 Å². The molecule has 2 nitrogen and oxygen atoms in total. The van der Waals surface area contributed by atoms with Gasteiger partial charge in [0.2, 0.25) is 0 Å². The summed E-state index contributed by atoms with van der Waals surface area (Å²) in [7, 11) is 0. The highest BCUT2D eigenvalue weighted by molar-refractivity contribution is 9.10. The molecule has 0 aliphatic carbocycles. The highest BCUT2D eigenvalue weighted by Gasteiger charge is 1.97. The fraction of sp³-hybridized carbons (Fsp3) is 0.0833. The molecule has 0 bridgehead atoms. The molecule has 0 spiro atoms. The number of rotatable bonds is 3. The van der Waals surface area contributed by atoms with E-state index < -0.39 is 0 Å². The third-order valence-electron chi connectivity index (χ3n) is 2.08. The van der Waals surface area contributed by atoms with Crippen molar-refractivity contribution < 1.29 is 4.39 Å². The zero-order chi connectivity index (χ0) is 11.4. The molecule has 1 aromatic carbocycles. The molecule has 0 amide bonds. The lowest BCUT2D eigenvalue weighted by Gasteiger charge is -2.05. The molecule has 2 rings (SSSR count). The summed E-state index contributed by atoms with van der Waals surface area (Å²) < 4.78 is 13.7. The second-order valence-corrected chi connectivity index (χ2v) is 4.14. The Labute approximate surface area is 102 Å². The SMILES string of the molecule is Fc1cccc(CNc2cccc(Br)n2)c1. The van der Waals surface area contributed by atoms with E-state index in [1.807, 2.05) is 24.3 Å². The maximum atomic E-state index is 12.9. The van der Waals surface area contributed by atoms with Gasteiger partial charge in [0.25, 0.3) is 0 Å². The Morgan fingerprint density at radius 1 is 1.19 bits per heavy atom. The summed E-state index contributed by atoms with van der Waals surface area (Å²) >= 11 is 3.29. The average Bonchev–Trinajstić information content (AvgIpc) is 2.27. The lowest BCUT2D eigenvalue weighted by Crippen LogP contribution is -2.01. The number of hydrogen-bond acceptors (Lipinski definition) is 2. The van der Waals surface area contributed by atoms with Crippen molar-refractivity contribution in [2.75, 3.05) is 5.32 Å². The van der Waals surface area contributed by atoms with Gasteiger partial charge in [-0.1, -0.05) is 18.2 Å². The highest BCUT2D eigenvalue weighted by Crippen LogP contribution is 2.11. The first-order chi connectivity index (χ1) is 7.74. The number of halogens is 2. The second kappa shape index (κ2) is 5.07. The van der Waals surface area contributed by atoms with Crippen LogP contribution in [-0.2, 0) is 6.54 Å². The Bertz CT molecular complexity index is 442. The molecule has 1 aromatic heterocycles. The molecule has 0 saturated heterocycles. The summed E-state index contributed by atoms with van der Waals surface area (Å²) in [6.07, 6.45) is 0. The van der Waals surface area contributed by atoms with E-state index in [0.717, 1.165) is 16.0 Å². The molecule has 1 N–H and O–H groups in total. The van der Waals surface area contributed by atoms with E-state index in [4.69, 9.17) is 0 Å². The van der Waals surface area contributed by atoms with Gasteiger partial charge in [-0.15, -0.1) is 0 Å². The Hall–Kier alpha value is -1.42. The summed E-state index contributed by atoms with van der Waals surface area (Å²) in [5.41, 5.74) is 0.891. The van der Waals surface area contributed by atoms with E-state index in [-0.39, 0.29) is 5.82 Å². The van der Waals surface area contributed by atoms with E-state index in [0.29, 0.717) is 6.54 Å². The Morgan fingerprint density at radius 2 is 2.00 bits per heavy atom. The van der Waals surface area contributed by atoms with Crippen molar-refractivity contribution in [1.29, 1.82) is 0 Å². The number of nitrogens with one attached hydrogen (secondary N) is 1. The summed E-state index contributed by atoms with van der Waals surface area (Å²) in [5.74, 6) is 0.542. The van der Waals surface area contributed by atoms with E-state index in [1.165, 1.54) is 12.1 Å². The average molecular weight is 281 g/mol. The molecule has 2 aromatic rings. The van der Waals surface area contributed by atoms with E-state index >= 15 is 0 Å². The molecule has 0 unspecified atom stereocenters. The first-order valence-corrected chi connectivity index (χ1v) is 5.64. The lowest BCUT2D eigenvalue weighted by atomic mass is 10.2. The predicted octanol–water partition coefficient (Wildman–Crippen LogP) is 3.60. The van der Waals surface area contributed by atoms with Crippen LogP contribution < -0.4 is 5.32 Å². The minimum Gasteiger partial charge on any atom is -0.366 e. The van der Waals surface area contributed by atoms with Crippen molar-refractivity contribution in [3.8, 4) is 0 Å². The smallest absolute Gasteiger partial charge is 0.127 e. The van der Waals surface area contributed by atoms with Gasteiger partial charge in [0.05, 0.1) is 0 Å². The van der Waals surface area contributed by atoms with Crippen LogP contribution in [-0.4, -0.2) is 4.98 Å². The molecule has 0 radical (unpaired) electrons. The highest BCUT2D eigenvalue weighted by atomic mass is 79.9. The van der Waals surface area contributed by atoms with Crippen molar-refractivity contribution in [3.63, 3.8) is 0 Å². The van der Waals surface area contributed by atoms with Crippen LogP contribution >= 0.6 is 15.9 Å². The van der Waals surface area contributed by atoms with Gasteiger partial charge < -0.3 is 5.32 Å². The van der Waals surface area contributed by atoms with Crippen molar-refractivity contribution in [2.45, 2.75) is 6.54 Å². The zero-order valence-electron chi connectivity index (χ0n) is 8.45. The zero-order valence-corrected chi connectivity index (χ0v) is 10.0. The molecule has 16 heavy (non-hydrogen) atoms. The Morgan fingerprint density at radius 3 is 2.75 bits per heavy atom.